The Morgan fingerprint density at radius 2 is 1.63 bits per heavy atom. The first-order chi connectivity index (χ1) is 12.1. The predicted octanol–water partition coefficient (Wildman–Crippen LogP) is 2.55. The average molecular weight is 418 g/mol. The summed E-state index contributed by atoms with van der Waals surface area (Å²) in [4.78, 5) is 4.16. The van der Waals surface area contributed by atoms with Crippen LogP contribution in [-0.2, 0) is 24.0 Å². The van der Waals surface area contributed by atoms with Gasteiger partial charge in [0.2, 0.25) is 5.17 Å². The van der Waals surface area contributed by atoms with Crippen molar-refractivity contribution in [3.8, 4) is 5.75 Å². The quantitative estimate of drug-likeness (QED) is 0.329. The Bertz CT molecular complexity index is 837. The molecule has 0 saturated carbocycles. The average Bonchev–Trinajstić information content (AvgIpc) is 2.64. The summed E-state index contributed by atoms with van der Waals surface area (Å²) < 4.78 is 0. The first-order valence-electron chi connectivity index (χ1n) is 7.50. The summed E-state index contributed by atoms with van der Waals surface area (Å²) in [6.45, 7) is 1.69. The molecule has 0 N–H and O–H groups in total. The molecule has 0 bridgehead atoms. The van der Waals surface area contributed by atoms with Gasteiger partial charge in [-0.3, -0.25) is 0 Å². The third-order valence-electron chi connectivity index (χ3n) is 3.11. The van der Waals surface area contributed by atoms with Crippen LogP contribution in [0, 0.1) is 0 Å². The Balaban J connectivity index is 0.00000338. The second kappa shape index (κ2) is 12.9. The van der Waals surface area contributed by atoms with Crippen LogP contribution in [0.5, 0.6) is 5.75 Å². The third kappa shape index (κ3) is 8.28. The molecule has 2 aromatic rings. The van der Waals surface area contributed by atoms with E-state index in [-0.39, 0.29) is 35.5 Å². The number of hydrogen-bond acceptors (Lipinski definition) is 5. The number of allylic oxidation sites excluding steroid dienone is 1. The molecule has 0 saturated heterocycles. The van der Waals surface area contributed by atoms with E-state index in [1.807, 2.05) is 12.3 Å². The standard InChI is InChI=1S/C19H19N3O2S.O.V/c1-14(12-18(24)15-8-4-3-5-9-15)21-22-19(25-2)20-13-16-10-6-7-11-17(16)23;;/h3-13,23-24H,1-2H3;;/q;-2;+4/p-2/b18-12-,20-13+,21-14+,22-19+;;. The summed E-state index contributed by atoms with van der Waals surface area (Å²) in [6.07, 6.45) is 4.69. The van der Waals surface area contributed by atoms with Crippen molar-refractivity contribution >= 4 is 34.6 Å². The first-order valence-corrected chi connectivity index (χ1v) is 8.73. The smallest absolute Gasteiger partial charge is 2.00 e. The predicted molar refractivity (Wildman–Crippen MR) is 103 cm³/mol. The van der Waals surface area contributed by atoms with Crippen molar-refractivity contribution in [3.63, 3.8) is 0 Å². The number of nitrogens with zero attached hydrogens (tertiary/aromatic N) is 3. The maximum absolute atomic E-state index is 12.1. The summed E-state index contributed by atoms with van der Waals surface area (Å²) in [5.74, 6) is -0.236. The van der Waals surface area contributed by atoms with E-state index in [9.17, 15) is 10.2 Å². The monoisotopic (exact) mass is 418 g/mol. The van der Waals surface area contributed by atoms with E-state index < -0.39 is 0 Å². The fourth-order valence-electron chi connectivity index (χ4n) is 1.86. The molecule has 27 heavy (non-hydrogen) atoms. The van der Waals surface area contributed by atoms with E-state index in [0.29, 0.717) is 22.0 Å². The zero-order valence-corrected chi connectivity index (χ0v) is 17.0. The number of benzene rings is 2. The van der Waals surface area contributed by atoms with Crippen LogP contribution in [-0.4, -0.2) is 23.3 Å². The number of hydrogen-bond donors (Lipinski definition) is 0. The van der Waals surface area contributed by atoms with E-state index >= 15 is 0 Å². The third-order valence-corrected chi connectivity index (χ3v) is 3.66. The molecule has 0 spiro atoms. The van der Waals surface area contributed by atoms with Crippen LogP contribution in [0.15, 0.2) is 75.9 Å². The summed E-state index contributed by atoms with van der Waals surface area (Å²) in [5, 5.41) is 32.1. The fourth-order valence-corrected chi connectivity index (χ4v) is 2.14. The maximum atomic E-state index is 12.1. The van der Waals surface area contributed by atoms with Gasteiger partial charge in [0.25, 0.3) is 0 Å². The van der Waals surface area contributed by atoms with Gasteiger partial charge in [-0.15, -0.1) is 10.9 Å². The largest absolute Gasteiger partial charge is 4.00 e. The van der Waals surface area contributed by atoms with E-state index in [2.05, 4.69) is 15.2 Å². The van der Waals surface area contributed by atoms with Crippen molar-refractivity contribution in [2.24, 2.45) is 15.2 Å². The van der Waals surface area contributed by atoms with Gasteiger partial charge in [0.05, 0.1) is 5.71 Å². The summed E-state index contributed by atoms with van der Waals surface area (Å²) >= 11 is 1.30. The minimum atomic E-state index is -0.133. The van der Waals surface area contributed by atoms with Crippen LogP contribution >= 0.6 is 11.8 Å². The molecular formula is C19H17N3O3SV. The van der Waals surface area contributed by atoms with Crippen LogP contribution in [0.1, 0.15) is 18.1 Å². The fraction of sp³-hybridized carbons (Fsp3) is 0.105. The molecule has 2 aromatic carbocycles. The molecule has 0 aliphatic rings. The molecule has 0 aromatic heterocycles. The molecule has 137 valence electrons. The van der Waals surface area contributed by atoms with E-state index in [4.69, 9.17) is 0 Å². The van der Waals surface area contributed by atoms with E-state index in [1.54, 1.807) is 49.4 Å². The second-order valence-corrected chi connectivity index (χ2v) is 5.77. The van der Waals surface area contributed by atoms with Crippen LogP contribution in [0.3, 0.4) is 0 Å². The molecule has 0 aliphatic heterocycles. The molecule has 2 rings (SSSR count). The minimum absolute atomic E-state index is 0. The minimum Gasteiger partial charge on any atom is -2.00 e. The first kappa shape index (κ1) is 24.7. The van der Waals surface area contributed by atoms with E-state index in [0.717, 1.165) is 0 Å². The van der Waals surface area contributed by atoms with Crippen LogP contribution in [0.25, 0.3) is 5.76 Å². The second-order valence-electron chi connectivity index (χ2n) is 5.00. The zero-order valence-electron chi connectivity index (χ0n) is 14.8. The molecule has 6 nitrogen and oxygen atoms in total. The zero-order chi connectivity index (χ0) is 18.1. The van der Waals surface area contributed by atoms with Crippen molar-refractivity contribution in [2.75, 3.05) is 6.26 Å². The number of aliphatic imine (C=N–C) groups is 1. The Kier molecular flexibility index (Phi) is 11.8. The van der Waals surface area contributed by atoms with Gasteiger partial charge >= 0.3 is 18.6 Å². The number of amidine groups is 1. The van der Waals surface area contributed by atoms with Gasteiger partial charge in [-0.2, -0.15) is 5.10 Å². The molecule has 8 heteroatoms. The van der Waals surface area contributed by atoms with Crippen LogP contribution < -0.4 is 10.2 Å². The molecule has 0 atom stereocenters. The Morgan fingerprint density at radius 1 is 1.00 bits per heavy atom. The van der Waals surface area contributed by atoms with Gasteiger partial charge in [0.15, 0.2) is 0 Å². The van der Waals surface area contributed by atoms with Crippen molar-refractivity contribution in [1.29, 1.82) is 0 Å². The molecule has 1 radical (unpaired) electrons. The summed E-state index contributed by atoms with van der Waals surface area (Å²) in [5.41, 5.74) is 1.55. The number of rotatable bonds is 4. The van der Waals surface area contributed by atoms with Crippen LogP contribution in [0.4, 0.5) is 0 Å². The number of thioether (sulfide) groups is 1. The molecule has 0 aliphatic carbocycles. The van der Waals surface area contributed by atoms with Gasteiger partial charge in [-0.1, -0.05) is 72.1 Å². The molecule has 0 heterocycles. The SMILES string of the molecule is CSC(/N=C/c1ccccc1[O-])=N/N=C(C)/C=C(\[O-])c1ccccc1.[O-2].[V+4]. The van der Waals surface area contributed by atoms with Gasteiger partial charge < -0.3 is 15.7 Å². The van der Waals surface area contributed by atoms with E-state index in [1.165, 1.54) is 30.1 Å². The van der Waals surface area contributed by atoms with Crippen molar-refractivity contribution in [2.45, 2.75) is 6.92 Å². The molecule has 0 unspecified atom stereocenters. The van der Waals surface area contributed by atoms with Crippen LogP contribution in [0.2, 0.25) is 0 Å². The van der Waals surface area contributed by atoms with Crippen molar-refractivity contribution < 1.29 is 34.2 Å². The van der Waals surface area contributed by atoms with Crippen molar-refractivity contribution in [3.05, 3.63) is 71.8 Å². The Morgan fingerprint density at radius 3 is 2.26 bits per heavy atom. The molecule has 0 amide bonds. The maximum Gasteiger partial charge on any atom is 4.00 e. The molecule has 0 fully saturated rings. The summed E-state index contributed by atoms with van der Waals surface area (Å²) in [7, 11) is 0. The number of para-hydroxylation sites is 1. The van der Waals surface area contributed by atoms with Crippen molar-refractivity contribution in [1.82, 2.24) is 0 Å². The Hall–Kier alpha value is -2.32. The summed E-state index contributed by atoms with van der Waals surface area (Å²) in [6, 6.07) is 15.6. The molecular weight excluding hydrogens is 401 g/mol. The Labute approximate surface area is 174 Å². The van der Waals surface area contributed by atoms with Gasteiger partial charge in [0.1, 0.15) is 0 Å². The topological polar surface area (TPSA) is 112 Å². The van der Waals surface area contributed by atoms with Gasteiger partial charge in [-0.05, 0) is 30.4 Å². The van der Waals surface area contributed by atoms with Gasteiger partial charge in [-0.25, -0.2) is 4.99 Å². The van der Waals surface area contributed by atoms with Gasteiger partial charge in [0, 0.05) is 6.21 Å². The normalized spacial score (nSPS) is 12.4.